The van der Waals surface area contributed by atoms with Crippen molar-refractivity contribution in [1.29, 1.82) is 0 Å². The first kappa shape index (κ1) is 28.4. The van der Waals surface area contributed by atoms with Gasteiger partial charge in [0.2, 0.25) is 0 Å². The van der Waals surface area contributed by atoms with Crippen molar-refractivity contribution in [1.82, 2.24) is 0 Å². The van der Waals surface area contributed by atoms with Gasteiger partial charge in [-0.25, -0.2) is 0 Å². The summed E-state index contributed by atoms with van der Waals surface area (Å²) in [5.41, 5.74) is -1.99. The number of carbonyl (C=O) groups excluding carboxylic acids is 1. The molecule has 222 valence electrons. The zero-order valence-electron chi connectivity index (χ0n) is 25.3. The van der Waals surface area contributed by atoms with Gasteiger partial charge in [0.25, 0.3) is 0 Å². The van der Waals surface area contributed by atoms with Crippen molar-refractivity contribution in [2.24, 2.45) is 50.7 Å². The minimum Gasteiger partial charge on any atom is -0.457 e. The molecule has 7 nitrogen and oxygen atoms in total. The van der Waals surface area contributed by atoms with Crippen molar-refractivity contribution >= 4 is 5.97 Å². The zero-order valence-corrected chi connectivity index (χ0v) is 25.3. The normalized spacial score (nSPS) is 56.3. The number of aliphatic hydroxyl groups excluding tert-OH is 2. The predicted octanol–water partition coefficient (Wildman–Crippen LogP) is 4.18. The van der Waals surface area contributed by atoms with E-state index in [1.165, 1.54) is 13.3 Å². The lowest BCUT2D eigenvalue weighted by molar-refractivity contribution is -0.342. The number of fused-ring (bicyclic) bond motifs is 4. The number of aliphatic hydroxyl groups is 4. The van der Waals surface area contributed by atoms with Crippen LogP contribution in [0.1, 0.15) is 107 Å². The maximum atomic E-state index is 12.4. The third-order valence-electron chi connectivity index (χ3n) is 14.2. The Hall–Kier alpha value is -0.730. The van der Waals surface area contributed by atoms with Crippen LogP contribution >= 0.6 is 0 Å². The third-order valence-corrected chi connectivity index (χ3v) is 14.2. The lowest BCUT2D eigenvalue weighted by Crippen LogP contribution is -2.61. The first-order valence-corrected chi connectivity index (χ1v) is 15.5. The summed E-state index contributed by atoms with van der Waals surface area (Å²) >= 11 is 0. The minimum absolute atomic E-state index is 0.00190. The number of hydrogen-bond acceptors (Lipinski definition) is 7. The molecule has 5 aliphatic carbocycles. The van der Waals surface area contributed by atoms with Crippen LogP contribution in [0.2, 0.25) is 0 Å². The molecule has 0 bridgehead atoms. The molecule has 0 aromatic carbocycles. The standard InChI is InChI=1S/C32H52O7/c1-17-15-19(24(27(5,6)36)38-18(2)33)39-32(37)23(17)28(7)13-14-31-16-30(31)12-11-22(34)26(3,4)20(30)9-10-21(31)29(28,8)25(32)35/h17,19-25,34-37H,9-16H2,1-8H3/t17-,19-,20+,21+,22+,23-,24-,25-,28-,29-,30-,31+,32-/m1/s1. The third kappa shape index (κ3) is 3.21. The molecule has 6 rings (SSSR count). The first-order chi connectivity index (χ1) is 17.8. The van der Waals surface area contributed by atoms with Crippen LogP contribution in [0.15, 0.2) is 0 Å². The summed E-state index contributed by atoms with van der Waals surface area (Å²) in [7, 11) is 0. The van der Waals surface area contributed by atoms with Gasteiger partial charge in [0.05, 0.1) is 11.7 Å². The van der Waals surface area contributed by atoms with Gasteiger partial charge in [0.1, 0.15) is 12.2 Å². The Morgan fingerprint density at radius 3 is 2.23 bits per heavy atom. The molecule has 2 spiro atoms. The molecular formula is C32H52O7. The Kier molecular flexibility index (Phi) is 5.83. The highest BCUT2D eigenvalue weighted by atomic mass is 16.7. The second kappa shape index (κ2) is 8.00. The van der Waals surface area contributed by atoms with E-state index in [0.717, 1.165) is 38.5 Å². The van der Waals surface area contributed by atoms with Gasteiger partial charge in [-0.05, 0) is 105 Å². The van der Waals surface area contributed by atoms with Crippen molar-refractivity contribution in [3.05, 3.63) is 0 Å². The van der Waals surface area contributed by atoms with Crippen molar-refractivity contribution in [3.8, 4) is 0 Å². The van der Waals surface area contributed by atoms with E-state index in [4.69, 9.17) is 9.47 Å². The molecular weight excluding hydrogens is 496 g/mol. The Bertz CT molecular complexity index is 1050. The average Bonchev–Trinajstić information content (AvgIpc) is 3.45. The summed E-state index contributed by atoms with van der Waals surface area (Å²) < 4.78 is 12.1. The van der Waals surface area contributed by atoms with E-state index in [9.17, 15) is 25.2 Å². The molecule has 0 amide bonds. The molecule has 1 heterocycles. The molecule has 4 N–H and O–H groups in total. The average molecular weight is 549 g/mol. The summed E-state index contributed by atoms with van der Waals surface area (Å²) in [5.74, 6) is -1.82. The molecule has 1 saturated heterocycles. The second-order valence-electron chi connectivity index (χ2n) is 16.4. The molecule has 0 aromatic heterocycles. The molecule has 0 radical (unpaired) electrons. The summed E-state index contributed by atoms with van der Waals surface area (Å²) in [6, 6.07) is 0. The largest absolute Gasteiger partial charge is 0.457 e. The van der Waals surface area contributed by atoms with E-state index in [2.05, 4.69) is 34.6 Å². The molecule has 1 aliphatic heterocycles. The van der Waals surface area contributed by atoms with E-state index < -0.39 is 41.1 Å². The molecule has 7 heteroatoms. The lowest BCUT2D eigenvalue weighted by Gasteiger charge is -2.63. The SMILES string of the molecule is CC(=O)O[C@H]([C@H]1C[C@@H](C)[C@H]2[C@@](O)(O1)[C@H](O)[C@@]1(C)[C@@H]3CC[C@H]4C(C)(C)[C@@H](O)CC[C@@]45C[C@@]35CC[C@]21C)C(C)(C)O. The molecule has 6 fully saturated rings. The summed E-state index contributed by atoms with van der Waals surface area (Å²) in [6.45, 7) is 15.6. The van der Waals surface area contributed by atoms with Crippen LogP contribution in [-0.2, 0) is 14.3 Å². The highest BCUT2D eigenvalue weighted by Gasteiger charge is 2.86. The van der Waals surface area contributed by atoms with Gasteiger partial charge in [-0.15, -0.1) is 0 Å². The molecule has 5 saturated carbocycles. The number of rotatable bonds is 3. The van der Waals surface area contributed by atoms with Crippen LogP contribution in [0.5, 0.6) is 0 Å². The van der Waals surface area contributed by atoms with E-state index in [0.29, 0.717) is 12.3 Å². The van der Waals surface area contributed by atoms with Crippen LogP contribution < -0.4 is 0 Å². The fourth-order valence-electron chi connectivity index (χ4n) is 12.5. The maximum Gasteiger partial charge on any atom is 0.303 e. The molecule has 0 unspecified atom stereocenters. The summed E-state index contributed by atoms with van der Waals surface area (Å²) in [5, 5.41) is 46.6. The fraction of sp³-hybridized carbons (Fsp3) is 0.969. The van der Waals surface area contributed by atoms with E-state index >= 15 is 0 Å². The van der Waals surface area contributed by atoms with Gasteiger partial charge in [0, 0.05) is 18.3 Å². The van der Waals surface area contributed by atoms with Crippen molar-refractivity contribution in [3.63, 3.8) is 0 Å². The minimum atomic E-state index is -1.79. The van der Waals surface area contributed by atoms with Crippen molar-refractivity contribution in [2.45, 2.75) is 143 Å². The van der Waals surface area contributed by atoms with Gasteiger partial charge in [0.15, 0.2) is 11.9 Å². The van der Waals surface area contributed by atoms with Crippen LogP contribution in [0.3, 0.4) is 0 Å². The second-order valence-corrected chi connectivity index (χ2v) is 16.4. The monoisotopic (exact) mass is 548 g/mol. The molecule has 39 heavy (non-hydrogen) atoms. The highest BCUT2D eigenvalue weighted by Crippen LogP contribution is 2.89. The van der Waals surface area contributed by atoms with E-state index in [-0.39, 0.29) is 45.5 Å². The van der Waals surface area contributed by atoms with Crippen molar-refractivity contribution < 1.29 is 34.7 Å². The zero-order chi connectivity index (χ0) is 28.8. The van der Waals surface area contributed by atoms with Gasteiger partial charge in [-0.3, -0.25) is 4.79 Å². The Morgan fingerprint density at radius 1 is 1.00 bits per heavy atom. The topological polar surface area (TPSA) is 116 Å². The highest BCUT2D eigenvalue weighted by molar-refractivity contribution is 5.66. The van der Waals surface area contributed by atoms with Crippen LogP contribution in [-0.4, -0.2) is 62.2 Å². The van der Waals surface area contributed by atoms with Crippen LogP contribution in [0.25, 0.3) is 0 Å². The lowest BCUT2D eigenvalue weighted by atomic mass is 9.41. The summed E-state index contributed by atoms with van der Waals surface area (Å²) in [6.07, 6.45) is 4.61. The van der Waals surface area contributed by atoms with E-state index in [1.807, 2.05) is 0 Å². The van der Waals surface area contributed by atoms with Crippen molar-refractivity contribution in [2.75, 3.05) is 0 Å². The Labute approximate surface area is 234 Å². The van der Waals surface area contributed by atoms with Crippen LogP contribution in [0.4, 0.5) is 0 Å². The number of carbonyl (C=O) groups is 1. The quantitative estimate of drug-likeness (QED) is 0.391. The Balaban J connectivity index is 1.38. The number of esters is 1. The van der Waals surface area contributed by atoms with Gasteiger partial charge < -0.3 is 29.9 Å². The van der Waals surface area contributed by atoms with Gasteiger partial charge in [-0.2, -0.15) is 0 Å². The van der Waals surface area contributed by atoms with Gasteiger partial charge in [-0.1, -0.05) is 34.6 Å². The van der Waals surface area contributed by atoms with Gasteiger partial charge >= 0.3 is 5.97 Å². The summed E-state index contributed by atoms with van der Waals surface area (Å²) in [4.78, 5) is 12.0. The maximum absolute atomic E-state index is 12.4. The Morgan fingerprint density at radius 2 is 1.62 bits per heavy atom. The first-order valence-electron chi connectivity index (χ1n) is 15.5. The molecule has 6 aliphatic rings. The predicted molar refractivity (Wildman–Crippen MR) is 145 cm³/mol. The molecule has 0 aromatic rings. The smallest absolute Gasteiger partial charge is 0.303 e. The van der Waals surface area contributed by atoms with E-state index in [1.54, 1.807) is 13.8 Å². The number of hydrogen-bond donors (Lipinski definition) is 4. The fourth-order valence-corrected chi connectivity index (χ4v) is 12.5. The molecule has 13 atom stereocenters. The number of ether oxygens (including phenoxy) is 2. The van der Waals surface area contributed by atoms with Crippen LogP contribution in [0, 0.1) is 50.7 Å².